The average molecular weight is 434 g/mol. The van der Waals surface area contributed by atoms with E-state index < -0.39 is 0 Å². The van der Waals surface area contributed by atoms with E-state index in [1.807, 2.05) is 35.2 Å². The predicted molar refractivity (Wildman–Crippen MR) is 125 cm³/mol. The fourth-order valence-corrected chi connectivity index (χ4v) is 4.55. The highest BCUT2D eigenvalue weighted by molar-refractivity contribution is 5.92. The van der Waals surface area contributed by atoms with Crippen molar-refractivity contribution >= 4 is 12.0 Å². The summed E-state index contributed by atoms with van der Waals surface area (Å²) in [5.41, 5.74) is 3.05. The number of amides is 1. The number of hydrogen-bond donors (Lipinski definition) is 1. The Bertz CT molecular complexity index is 998. The number of phenols is 1. The molecule has 2 aliphatic rings. The number of hydrogen-bond acceptors (Lipinski definition) is 4. The van der Waals surface area contributed by atoms with Gasteiger partial charge in [0.05, 0.1) is 6.61 Å². The standard InChI is InChI=1S/C27H31NO4/c1-19-8-12-24(20(2)16-19)27-28(14-15-31-27)26(30)13-10-22-9-11-23(17-25(22)29)32-18-21-6-4-3-5-7-21/h3-7,9-11,13,16-17,20,24,27,29H,8,12,14-15,18H2,1-2H3. The number of aromatic hydroxyl groups is 1. The molecule has 1 N–H and O–H groups in total. The molecule has 0 saturated carbocycles. The Kier molecular flexibility index (Phi) is 6.96. The third-order valence-electron chi connectivity index (χ3n) is 6.33. The Hall–Kier alpha value is -3.05. The van der Waals surface area contributed by atoms with E-state index in [2.05, 4.69) is 19.9 Å². The minimum Gasteiger partial charge on any atom is -0.507 e. The van der Waals surface area contributed by atoms with E-state index in [-0.39, 0.29) is 17.9 Å². The molecule has 0 spiro atoms. The number of allylic oxidation sites excluding steroid dienone is 2. The van der Waals surface area contributed by atoms with Gasteiger partial charge in [0.25, 0.3) is 0 Å². The lowest BCUT2D eigenvalue weighted by Crippen LogP contribution is -2.42. The van der Waals surface area contributed by atoms with Crippen molar-refractivity contribution in [3.05, 3.63) is 77.4 Å². The van der Waals surface area contributed by atoms with Crippen LogP contribution in [0.25, 0.3) is 6.08 Å². The molecule has 1 amide bonds. The molecule has 5 heteroatoms. The fourth-order valence-electron chi connectivity index (χ4n) is 4.55. The van der Waals surface area contributed by atoms with Crippen LogP contribution in [0.15, 0.2) is 66.3 Å². The monoisotopic (exact) mass is 433 g/mol. The lowest BCUT2D eigenvalue weighted by Gasteiger charge is -2.35. The van der Waals surface area contributed by atoms with Gasteiger partial charge in [0.15, 0.2) is 0 Å². The largest absolute Gasteiger partial charge is 0.507 e. The second kappa shape index (κ2) is 10.0. The van der Waals surface area contributed by atoms with Crippen LogP contribution in [0, 0.1) is 11.8 Å². The first-order valence-corrected chi connectivity index (χ1v) is 11.3. The van der Waals surface area contributed by atoms with Gasteiger partial charge in [-0.1, -0.05) is 48.9 Å². The fraction of sp³-hybridized carbons (Fsp3) is 0.370. The molecule has 1 aliphatic carbocycles. The molecular weight excluding hydrogens is 402 g/mol. The maximum atomic E-state index is 12.9. The number of ether oxygens (including phenoxy) is 2. The molecule has 1 fully saturated rings. The molecule has 1 aliphatic heterocycles. The van der Waals surface area contributed by atoms with E-state index in [1.165, 1.54) is 11.6 Å². The molecule has 32 heavy (non-hydrogen) atoms. The first kappa shape index (κ1) is 22.2. The molecule has 0 aromatic heterocycles. The van der Waals surface area contributed by atoms with Crippen LogP contribution in [0.1, 0.15) is 37.8 Å². The highest BCUT2D eigenvalue weighted by atomic mass is 16.5. The van der Waals surface area contributed by atoms with Crippen LogP contribution in [-0.2, 0) is 16.1 Å². The lowest BCUT2D eigenvalue weighted by atomic mass is 9.80. The second-order valence-corrected chi connectivity index (χ2v) is 8.70. The highest BCUT2D eigenvalue weighted by Crippen LogP contribution is 2.35. The first-order chi connectivity index (χ1) is 15.5. The van der Waals surface area contributed by atoms with E-state index >= 15 is 0 Å². The molecule has 168 valence electrons. The molecule has 3 unspecified atom stereocenters. The molecule has 1 heterocycles. The summed E-state index contributed by atoms with van der Waals surface area (Å²) < 4.78 is 11.7. The number of rotatable bonds is 6. The summed E-state index contributed by atoms with van der Waals surface area (Å²) in [7, 11) is 0. The summed E-state index contributed by atoms with van der Waals surface area (Å²) in [5, 5.41) is 10.4. The van der Waals surface area contributed by atoms with Gasteiger partial charge in [-0.2, -0.15) is 0 Å². The molecule has 2 aromatic rings. The number of carbonyl (C=O) groups is 1. The van der Waals surface area contributed by atoms with Crippen LogP contribution >= 0.6 is 0 Å². The van der Waals surface area contributed by atoms with Gasteiger partial charge in [-0.15, -0.1) is 0 Å². The molecule has 4 rings (SSSR count). The third kappa shape index (κ3) is 5.22. The summed E-state index contributed by atoms with van der Waals surface area (Å²) in [5.74, 6) is 1.27. The smallest absolute Gasteiger partial charge is 0.248 e. The number of phenolic OH excluding ortho intramolecular Hbond substituents is 1. The minimum absolute atomic E-state index is 0.0790. The van der Waals surface area contributed by atoms with Crippen molar-refractivity contribution < 1.29 is 19.4 Å². The van der Waals surface area contributed by atoms with Crippen molar-refractivity contribution in [2.24, 2.45) is 11.8 Å². The predicted octanol–water partition coefficient (Wildman–Crippen LogP) is 5.16. The van der Waals surface area contributed by atoms with Gasteiger partial charge in [0, 0.05) is 30.2 Å². The molecule has 1 saturated heterocycles. The van der Waals surface area contributed by atoms with Crippen LogP contribution in [0.4, 0.5) is 0 Å². The number of nitrogens with zero attached hydrogens (tertiary/aromatic N) is 1. The van der Waals surface area contributed by atoms with Crippen molar-refractivity contribution in [2.45, 2.75) is 39.5 Å². The summed E-state index contributed by atoms with van der Waals surface area (Å²) in [4.78, 5) is 14.7. The Balaban J connectivity index is 1.38. The van der Waals surface area contributed by atoms with Gasteiger partial charge in [0.1, 0.15) is 24.3 Å². The van der Waals surface area contributed by atoms with E-state index in [0.717, 1.165) is 18.4 Å². The summed E-state index contributed by atoms with van der Waals surface area (Å²) >= 11 is 0. The van der Waals surface area contributed by atoms with Gasteiger partial charge < -0.3 is 19.5 Å². The van der Waals surface area contributed by atoms with E-state index in [4.69, 9.17) is 9.47 Å². The van der Waals surface area contributed by atoms with E-state index in [0.29, 0.717) is 42.9 Å². The van der Waals surface area contributed by atoms with Crippen molar-refractivity contribution in [2.75, 3.05) is 13.2 Å². The SMILES string of the molecule is CC1=CC(C)C(C2OCCN2C(=O)C=Cc2ccc(OCc3ccccc3)cc2O)CC1. The summed E-state index contributed by atoms with van der Waals surface area (Å²) in [6, 6.07) is 15.0. The van der Waals surface area contributed by atoms with Crippen LogP contribution < -0.4 is 4.74 Å². The Morgan fingerprint density at radius 2 is 2.06 bits per heavy atom. The summed E-state index contributed by atoms with van der Waals surface area (Å²) in [6.07, 6.45) is 7.38. The second-order valence-electron chi connectivity index (χ2n) is 8.70. The topological polar surface area (TPSA) is 59.0 Å². The zero-order chi connectivity index (χ0) is 22.5. The Morgan fingerprint density at radius 1 is 1.25 bits per heavy atom. The Morgan fingerprint density at radius 3 is 2.81 bits per heavy atom. The van der Waals surface area contributed by atoms with E-state index in [1.54, 1.807) is 24.3 Å². The maximum absolute atomic E-state index is 12.9. The van der Waals surface area contributed by atoms with Crippen LogP contribution in [0.2, 0.25) is 0 Å². The van der Waals surface area contributed by atoms with E-state index in [9.17, 15) is 9.90 Å². The van der Waals surface area contributed by atoms with Crippen LogP contribution in [-0.4, -0.2) is 35.3 Å². The van der Waals surface area contributed by atoms with Gasteiger partial charge in [0.2, 0.25) is 5.91 Å². The molecule has 2 aromatic carbocycles. The normalized spacial score (nSPS) is 23.4. The van der Waals surface area contributed by atoms with Crippen molar-refractivity contribution in [1.82, 2.24) is 4.90 Å². The summed E-state index contributed by atoms with van der Waals surface area (Å²) in [6.45, 7) is 5.96. The zero-order valence-electron chi connectivity index (χ0n) is 18.7. The first-order valence-electron chi connectivity index (χ1n) is 11.3. The quantitative estimate of drug-likeness (QED) is 0.505. The molecule has 0 radical (unpaired) electrons. The molecule has 5 nitrogen and oxygen atoms in total. The molecule has 0 bridgehead atoms. The third-order valence-corrected chi connectivity index (χ3v) is 6.33. The van der Waals surface area contributed by atoms with Gasteiger partial charge in [-0.05, 0) is 49.5 Å². The van der Waals surface area contributed by atoms with Crippen molar-refractivity contribution in [3.63, 3.8) is 0 Å². The van der Waals surface area contributed by atoms with Gasteiger partial charge >= 0.3 is 0 Å². The van der Waals surface area contributed by atoms with Crippen LogP contribution in [0.5, 0.6) is 11.5 Å². The minimum atomic E-state index is -0.186. The van der Waals surface area contributed by atoms with Crippen molar-refractivity contribution in [1.29, 1.82) is 0 Å². The Labute approximate surface area is 190 Å². The van der Waals surface area contributed by atoms with Crippen molar-refractivity contribution in [3.8, 4) is 11.5 Å². The highest BCUT2D eigenvalue weighted by Gasteiger charge is 2.38. The van der Waals surface area contributed by atoms with Crippen LogP contribution in [0.3, 0.4) is 0 Å². The van der Waals surface area contributed by atoms with Gasteiger partial charge in [-0.25, -0.2) is 0 Å². The zero-order valence-corrected chi connectivity index (χ0v) is 18.7. The molecule has 3 atom stereocenters. The van der Waals surface area contributed by atoms with Gasteiger partial charge in [-0.3, -0.25) is 4.79 Å². The number of carbonyl (C=O) groups excluding carboxylic acids is 1. The lowest BCUT2D eigenvalue weighted by molar-refractivity contribution is -0.134. The molecular formula is C27H31NO4. The number of benzene rings is 2. The average Bonchev–Trinajstić information content (AvgIpc) is 3.27. The maximum Gasteiger partial charge on any atom is 0.248 e.